The van der Waals surface area contributed by atoms with Crippen LogP contribution in [0.5, 0.6) is 0 Å². The van der Waals surface area contributed by atoms with E-state index < -0.39 is 5.82 Å². The van der Waals surface area contributed by atoms with Gasteiger partial charge in [-0.05, 0) is 49.6 Å². The van der Waals surface area contributed by atoms with Crippen LogP contribution in [0.2, 0.25) is 0 Å². The Kier molecular flexibility index (Phi) is 8.11. The van der Waals surface area contributed by atoms with Crippen LogP contribution in [0, 0.1) is 12.7 Å². The number of halogens is 1. The number of amides is 2. The fraction of sp³-hybridized carbons (Fsp3) is 0.286. The molecule has 6 rings (SSSR count). The van der Waals surface area contributed by atoms with Crippen molar-refractivity contribution in [2.45, 2.75) is 25.8 Å². The van der Waals surface area contributed by atoms with E-state index in [2.05, 4.69) is 4.90 Å². The number of aromatic nitrogens is 1. The third-order valence-electron chi connectivity index (χ3n) is 8.44. The van der Waals surface area contributed by atoms with E-state index in [1.54, 1.807) is 17.0 Å². The first-order chi connectivity index (χ1) is 20.5. The van der Waals surface area contributed by atoms with Crippen molar-refractivity contribution < 1.29 is 14.0 Å². The minimum atomic E-state index is -0.455. The predicted octanol–water partition coefficient (Wildman–Crippen LogP) is 5.93. The highest BCUT2D eigenvalue weighted by molar-refractivity contribution is 5.96. The molecule has 2 fully saturated rings. The smallest absolute Gasteiger partial charge is 0.256 e. The molecule has 2 aliphatic heterocycles. The normalized spacial score (nSPS) is 16.4. The molecule has 7 heteroatoms. The minimum Gasteiger partial charge on any atom is -0.338 e. The zero-order valence-corrected chi connectivity index (χ0v) is 23.9. The topological polar surface area (TPSA) is 56.8 Å². The summed E-state index contributed by atoms with van der Waals surface area (Å²) in [4.78, 5) is 37.7. The number of piperazine rings is 1. The van der Waals surface area contributed by atoms with Gasteiger partial charge in [-0.15, -0.1) is 0 Å². The molecule has 0 saturated carbocycles. The van der Waals surface area contributed by atoms with Crippen LogP contribution in [-0.2, 0) is 0 Å². The lowest BCUT2D eigenvalue weighted by Gasteiger charge is -2.42. The lowest BCUT2D eigenvalue weighted by Crippen LogP contribution is -2.54. The second kappa shape index (κ2) is 12.2. The molecule has 3 aromatic carbocycles. The Hall–Kier alpha value is -4.36. The van der Waals surface area contributed by atoms with Crippen LogP contribution in [0.4, 0.5) is 4.39 Å². The zero-order chi connectivity index (χ0) is 29.1. The number of likely N-dealkylation sites (tertiary alicyclic amines) is 1. The first-order valence-corrected chi connectivity index (χ1v) is 14.7. The molecule has 1 aromatic heterocycles. The average molecular weight is 563 g/mol. The van der Waals surface area contributed by atoms with Gasteiger partial charge in [-0.25, -0.2) is 9.37 Å². The number of pyridine rings is 1. The van der Waals surface area contributed by atoms with E-state index >= 15 is 0 Å². The summed E-state index contributed by atoms with van der Waals surface area (Å²) in [6.45, 7) is 5.91. The predicted molar refractivity (Wildman–Crippen MR) is 163 cm³/mol. The van der Waals surface area contributed by atoms with Crippen molar-refractivity contribution >= 4 is 11.8 Å². The summed E-state index contributed by atoms with van der Waals surface area (Å²) in [5.41, 5.74) is 5.11. The number of carbonyl (C=O) groups is 2. The first-order valence-electron chi connectivity index (χ1n) is 14.7. The van der Waals surface area contributed by atoms with E-state index in [-0.39, 0.29) is 17.4 Å². The van der Waals surface area contributed by atoms with E-state index in [1.165, 1.54) is 6.07 Å². The van der Waals surface area contributed by atoms with Gasteiger partial charge in [0.2, 0.25) is 0 Å². The molecule has 0 bridgehead atoms. The van der Waals surface area contributed by atoms with E-state index in [0.29, 0.717) is 37.8 Å². The Balaban J connectivity index is 1.10. The molecule has 0 atom stereocenters. The summed E-state index contributed by atoms with van der Waals surface area (Å²) in [6.07, 6.45) is 1.69. The van der Waals surface area contributed by atoms with Crippen LogP contribution in [-0.4, -0.2) is 76.8 Å². The molecule has 214 valence electrons. The van der Waals surface area contributed by atoms with E-state index in [4.69, 9.17) is 4.98 Å². The van der Waals surface area contributed by atoms with E-state index in [0.717, 1.165) is 54.0 Å². The molecule has 4 aromatic rings. The van der Waals surface area contributed by atoms with Gasteiger partial charge in [0.25, 0.3) is 11.8 Å². The molecule has 0 N–H and O–H groups in total. The molecule has 2 amide bonds. The van der Waals surface area contributed by atoms with Crippen molar-refractivity contribution in [3.8, 4) is 22.5 Å². The molecule has 3 heterocycles. The van der Waals surface area contributed by atoms with Gasteiger partial charge in [-0.2, -0.15) is 0 Å². The molecule has 0 unspecified atom stereocenters. The van der Waals surface area contributed by atoms with Crippen molar-refractivity contribution in [1.29, 1.82) is 0 Å². The van der Waals surface area contributed by atoms with Crippen molar-refractivity contribution in [1.82, 2.24) is 19.7 Å². The molecule has 0 spiro atoms. The van der Waals surface area contributed by atoms with Crippen LogP contribution in [0.3, 0.4) is 0 Å². The highest BCUT2D eigenvalue weighted by Crippen LogP contribution is 2.27. The van der Waals surface area contributed by atoms with Crippen LogP contribution in [0.25, 0.3) is 22.5 Å². The van der Waals surface area contributed by atoms with Crippen LogP contribution in [0.15, 0.2) is 91.0 Å². The maximum absolute atomic E-state index is 14.4. The van der Waals surface area contributed by atoms with Crippen LogP contribution in [0.1, 0.15) is 39.1 Å². The SMILES string of the molecule is Cc1ccc(C(=O)N2CCC(N3CCN(C(=O)c4cc(-c5ccccc5)nc(-c5ccccc5)c4)CC3)CC2)c(F)c1. The Morgan fingerprint density at radius 3 is 1.79 bits per heavy atom. The quantitative estimate of drug-likeness (QED) is 0.303. The fourth-order valence-electron chi connectivity index (χ4n) is 6.04. The van der Waals surface area contributed by atoms with Crippen molar-refractivity contribution in [2.75, 3.05) is 39.3 Å². The van der Waals surface area contributed by atoms with E-state index in [1.807, 2.05) is 84.6 Å². The van der Waals surface area contributed by atoms with E-state index in [9.17, 15) is 14.0 Å². The van der Waals surface area contributed by atoms with Gasteiger partial charge in [0.05, 0.1) is 17.0 Å². The highest BCUT2D eigenvalue weighted by Gasteiger charge is 2.31. The molecule has 2 saturated heterocycles. The number of rotatable bonds is 5. The number of piperidine rings is 1. The zero-order valence-electron chi connectivity index (χ0n) is 23.9. The number of hydrogen-bond acceptors (Lipinski definition) is 4. The van der Waals surface area contributed by atoms with Gasteiger partial charge >= 0.3 is 0 Å². The second-order valence-corrected chi connectivity index (χ2v) is 11.2. The summed E-state index contributed by atoms with van der Waals surface area (Å²) in [6, 6.07) is 28.9. The maximum Gasteiger partial charge on any atom is 0.256 e. The molecule has 6 nitrogen and oxygen atoms in total. The first kappa shape index (κ1) is 27.8. The Morgan fingerprint density at radius 2 is 1.24 bits per heavy atom. The van der Waals surface area contributed by atoms with Gasteiger partial charge in [-0.1, -0.05) is 66.7 Å². The number of aryl methyl sites for hydroxylation is 1. The van der Waals surface area contributed by atoms with Gasteiger partial charge < -0.3 is 9.80 Å². The average Bonchev–Trinajstić information content (AvgIpc) is 3.05. The lowest BCUT2D eigenvalue weighted by atomic mass is 10.0. The third kappa shape index (κ3) is 5.97. The molecule has 2 aliphatic rings. The summed E-state index contributed by atoms with van der Waals surface area (Å²) in [5, 5.41) is 0. The Labute approximate surface area is 246 Å². The standard InChI is InChI=1S/C35H35FN4O2/c1-25-12-13-30(31(36)22-25)35(42)39-16-14-29(15-17-39)38-18-20-40(21-19-38)34(41)28-23-32(26-8-4-2-5-9-26)37-33(24-28)27-10-6-3-7-11-27/h2-13,22-24,29H,14-21H2,1H3. The Morgan fingerprint density at radius 1 is 0.690 bits per heavy atom. The third-order valence-corrected chi connectivity index (χ3v) is 8.44. The Bertz CT molecular complexity index is 1500. The van der Waals surface area contributed by atoms with Crippen molar-refractivity contribution in [2.24, 2.45) is 0 Å². The highest BCUT2D eigenvalue weighted by atomic mass is 19.1. The monoisotopic (exact) mass is 562 g/mol. The van der Waals surface area contributed by atoms with Gasteiger partial charge in [0.1, 0.15) is 5.82 Å². The molecule has 0 radical (unpaired) electrons. The van der Waals surface area contributed by atoms with Crippen molar-refractivity contribution in [3.05, 3.63) is 114 Å². The van der Waals surface area contributed by atoms with Gasteiger partial charge in [0.15, 0.2) is 0 Å². The summed E-state index contributed by atoms with van der Waals surface area (Å²) in [7, 11) is 0. The summed E-state index contributed by atoms with van der Waals surface area (Å²) < 4.78 is 14.4. The molecule has 0 aliphatic carbocycles. The number of nitrogens with zero attached hydrogens (tertiary/aromatic N) is 4. The van der Waals surface area contributed by atoms with Crippen molar-refractivity contribution in [3.63, 3.8) is 0 Å². The number of benzene rings is 3. The van der Waals surface area contributed by atoms with Gasteiger partial charge in [0, 0.05) is 62.0 Å². The van der Waals surface area contributed by atoms with Crippen LogP contribution >= 0.6 is 0 Å². The lowest BCUT2D eigenvalue weighted by molar-refractivity contribution is 0.0410. The maximum atomic E-state index is 14.4. The van der Waals surface area contributed by atoms with Crippen LogP contribution < -0.4 is 0 Å². The second-order valence-electron chi connectivity index (χ2n) is 11.2. The van der Waals surface area contributed by atoms with Gasteiger partial charge in [-0.3, -0.25) is 14.5 Å². The minimum absolute atomic E-state index is 0.0203. The fourth-order valence-corrected chi connectivity index (χ4v) is 6.04. The molecular formula is C35H35FN4O2. The molecule has 42 heavy (non-hydrogen) atoms. The summed E-state index contributed by atoms with van der Waals surface area (Å²) in [5.74, 6) is -0.667. The summed E-state index contributed by atoms with van der Waals surface area (Å²) >= 11 is 0. The largest absolute Gasteiger partial charge is 0.338 e. The number of carbonyl (C=O) groups excluding carboxylic acids is 2. The molecular weight excluding hydrogens is 527 g/mol. The number of hydrogen-bond donors (Lipinski definition) is 0.